The summed E-state index contributed by atoms with van der Waals surface area (Å²) in [7, 11) is 1.95. The molecule has 0 heterocycles. The first kappa shape index (κ1) is 16.5. The molecule has 1 unspecified atom stereocenters. The van der Waals surface area contributed by atoms with Crippen LogP contribution in [-0.4, -0.2) is 13.6 Å². The Morgan fingerprint density at radius 1 is 1.19 bits per heavy atom. The van der Waals surface area contributed by atoms with Crippen molar-refractivity contribution in [2.24, 2.45) is 5.92 Å². The molecule has 0 spiro atoms. The molecular weight excluding hydrogens is 353 g/mol. The lowest BCUT2D eigenvalue weighted by Crippen LogP contribution is -2.23. The average Bonchev–Trinajstić information content (AvgIpc) is 2.42. The standard InChI is InChI=1S/C17H18BrClFN/c1-21-11-13(7-12-3-2-4-15(19)9-12)8-14-5-6-16(20)10-17(14)18/h2-6,9-10,13,21H,7-8,11H2,1H3. The third kappa shape index (κ3) is 5.10. The third-order valence-corrected chi connectivity index (χ3v) is 4.40. The van der Waals surface area contributed by atoms with Crippen LogP contribution in [0.3, 0.4) is 0 Å². The summed E-state index contributed by atoms with van der Waals surface area (Å²) < 4.78 is 14.0. The van der Waals surface area contributed by atoms with E-state index in [1.54, 1.807) is 0 Å². The van der Waals surface area contributed by atoms with Gasteiger partial charge >= 0.3 is 0 Å². The first-order valence-corrected chi connectivity index (χ1v) is 8.08. The predicted molar refractivity (Wildman–Crippen MR) is 90.4 cm³/mol. The fraction of sp³-hybridized carbons (Fsp3) is 0.294. The van der Waals surface area contributed by atoms with Crippen molar-refractivity contribution in [1.82, 2.24) is 5.32 Å². The zero-order valence-electron chi connectivity index (χ0n) is 11.9. The summed E-state index contributed by atoms with van der Waals surface area (Å²) in [6.45, 7) is 0.899. The molecule has 112 valence electrons. The minimum atomic E-state index is -0.217. The molecule has 0 aliphatic rings. The molecule has 0 radical (unpaired) electrons. The highest BCUT2D eigenvalue weighted by atomic mass is 79.9. The predicted octanol–water partition coefficient (Wildman–Crippen LogP) is 4.86. The van der Waals surface area contributed by atoms with E-state index in [0.717, 1.165) is 34.4 Å². The Kier molecular flexibility index (Phi) is 6.22. The molecule has 0 amide bonds. The Morgan fingerprint density at radius 3 is 2.67 bits per heavy atom. The van der Waals surface area contributed by atoms with E-state index in [2.05, 4.69) is 27.3 Å². The molecule has 1 N–H and O–H groups in total. The van der Waals surface area contributed by atoms with Crippen LogP contribution in [0.15, 0.2) is 46.9 Å². The summed E-state index contributed by atoms with van der Waals surface area (Å²) in [6, 6.07) is 12.8. The first-order valence-electron chi connectivity index (χ1n) is 6.91. The van der Waals surface area contributed by atoms with Gasteiger partial charge < -0.3 is 5.32 Å². The lowest BCUT2D eigenvalue weighted by Gasteiger charge is -2.18. The van der Waals surface area contributed by atoms with E-state index in [1.807, 2.05) is 31.3 Å². The summed E-state index contributed by atoms with van der Waals surface area (Å²) in [5.41, 5.74) is 2.35. The van der Waals surface area contributed by atoms with Crippen LogP contribution in [0.5, 0.6) is 0 Å². The lowest BCUT2D eigenvalue weighted by atomic mass is 9.92. The Labute approximate surface area is 138 Å². The van der Waals surface area contributed by atoms with Gasteiger partial charge in [0.15, 0.2) is 0 Å². The molecule has 4 heteroatoms. The Morgan fingerprint density at radius 2 is 2.00 bits per heavy atom. The van der Waals surface area contributed by atoms with Gasteiger partial charge in [0.1, 0.15) is 5.82 Å². The number of hydrogen-bond acceptors (Lipinski definition) is 1. The van der Waals surface area contributed by atoms with Gasteiger partial charge in [0.05, 0.1) is 0 Å². The van der Waals surface area contributed by atoms with Gasteiger partial charge in [0, 0.05) is 9.50 Å². The second kappa shape index (κ2) is 7.92. The van der Waals surface area contributed by atoms with Gasteiger partial charge in [0.2, 0.25) is 0 Å². The molecule has 1 atom stereocenters. The fourth-order valence-electron chi connectivity index (χ4n) is 2.50. The van der Waals surface area contributed by atoms with Gasteiger partial charge in [-0.25, -0.2) is 4.39 Å². The zero-order chi connectivity index (χ0) is 15.2. The van der Waals surface area contributed by atoms with Gasteiger partial charge in [-0.15, -0.1) is 0 Å². The highest BCUT2D eigenvalue weighted by molar-refractivity contribution is 9.10. The van der Waals surface area contributed by atoms with E-state index >= 15 is 0 Å². The van der Waals surface area contributed by atoms with Crippen molar-refractivity contribution in [1.29, 1.82) is 0 Å². The maximum atomic E-state index is 13.2. The molecule has 0 saturated carbocycles. The van der Waals surface area contributed by atoms with Crippen LogP contribution in [0.2, 0.25) is 5.02 Å². The Hall–Kier alpha value is -0.900. The van der Waals surface area contributed by atoms with Crippen LogP contribution in [0, 0.1) is 11.7 Å². The van der Waals surface area contributed by atoms with Gasteiger partial charge in [-0.1, -0.05) is 45.7 Å². The van der Waals surface area contributed by atoms with Gasteiger partial charge in [-0.3, -0.25) is 0 Å². The molecule has 0 saturated heterocycles. The van der Waals surface area contributed by atoms with Crippen LogP contribution in [0.25, 0.3) is 0 Å². The Bertz CT molecular complexity index is 603. The summed E-state index contributed by atoms with van der Waals surface area (Å²) in [5, 5.41) is 3.99. The smallest absolute Gasteiger partial charge is 0.124 e. The molecule has 0 aliphatic carbocycles. The van der Waals surface area contributed by atoms with E-state index in [9.17, 15) is 4.39 Å². The minimum absolute atomic E-state index is 0.217. The molecule has 0 aromatic heterocycles. The van der Waals surface area contributed by atoms with Crippen molar-refractivity contribution in [2.75, 3.05) is 13.6 Å². The van der Waals surface area contributed by atoms with Crippen molar-refractivity contribution >= 4 is 27.5 Å². The Balaban J connectivity index is 2.11. The zero-order valence-corrected chi connectivity index (χ0v) is 14.2. The summed E-state index contributed by atoms with van der Waals surface area (Å²) in [4.78, 5) is 0. The highest BCUT2D eigenvalue weighted by Crippen LogP contribution is 2.23. The van der Waals surface area contributed by atoms with Gasteiger partial charge in [-0.05, 0) is 67.7 Å². The van der Waals surface area contributed by atoms with E-state index in [0.29, 0.717) is 5.92 Å². The van der Waals surface area contributed by atoms with Crippen molar-refractivity contribution in [3.8, 4) is 0 Å². The molecular formula is C17H18BrClFN. The largest absolute Gasteiger partial charge is 0.319 e. The maximum Gasteiger partial charge on any atom is 0.124 e. The second-order valence-corrected chi connectivity index (χ2v) is 6.49. The molecule has 2 aromatic rings. The maximum absolute atomic E-state index is 13.2. The van der Waals surface area contributed by atoms with Crippen LogP contribution in [0.4, 0.5) is 4.39 Å². The SMILES string of the molecule is CNCC(Cc1cccc(Cl)c1)Cc1ccc(F)cc1Br. The van der Waals surface area contributed by atoms with Crippen molar-refractivity contribution < 1.29 is 4.39 Å². The highest BCUT2D eigenvalue weighted by Gasteiger charge is 2.13. The number of benzene rings is 2. The fourth-order valence-corrected chi connectivity index (χ4v) is 3.23. The third-order valence-electron chi connectivity index (χ3n) is 3.43. The van der Waals surface area contributed by atoms with Crippen molar-refractivity contribution in [3.05, 3.63) is 68.9 Å². The normalized spacial score (nSPS) is 12.4. The molecule has 0 fully saturated rings. The van der Waals surface area contributed by atoms with E-state index in [-0.39, 0.29) is 5.82 Å². The topological polar surface area (TPSA) is 12.0 Å². The second-order valence-electron chi connectivity index (χ2n) is 5.20. The molecule has 2 aromatic carbocycles. The molecule has 2 rings (SSSR count). The molecule has 1 nitrogen and oxygen atoms in total. The van der Waals surface area contributed by atoms with Crippen molar-refractivity contribution in [3.63, 3.8) is 0 Å². The van der Waals surface area contributed by atoms with Crippen LogP contribution >= 0.6 is 27.5 Å². The van der Waals surface area contributed by atoms with Crippen molar-refractivity contribution in [2.45, 2.75) is 12.8 Å². The van der Waals surface area contributed by atoms with Crippen LogP contribution < -0.4 is 5.32 Å². The quantitative estimate of drug-likeness (QED) is 0.765. The number of nitrogens with one attached hydrogen (secondary N) is 1. The van der Waals surface area contributed by atoms with E-state index < -0.39 is 0 Å². The number of rotatable bonds is 6. The first-order chi connectivity index (χ1) is 10.1. The van der Waals surface area contributed by atoms with Crippen LogP contribution in [-0.2, 0) is 12.8 Å². The molecule has 21 heavy (non-hydrogen) atoms. The monoisotopic (exact) mass is 369 g/mol. The number of hydrogen-bond donors (Lipinski definition) is 1. The molecule has 0 aliphatic heterocycles. The summed E-state index contributed by atoms with van der Waals surface area (Å²) in [5.74, 6) is 0.209. The van der Waals surface area contributed by atoms with Gasteiger partial charge in [-0.2, -0.15) is 0 Å². The lowest BCUT2D eigenvalue weighted by molar-refractivity contribution is 0.492. The average molecular weight is 371 g/mol. The molecule has 0 bridgehead atoms. The van der Waals surface area contributed by atoms with Crippen LogP contribution in [0.1, 0.15) is 11.1 Å². The summed E-state index contributed by atoms with van der Waals surface area (Å²) >= 11 is 9.49. The number of halogens is 3. The minimum Gasteiger partial charge on any atom is -0.319 e. The van der Waals surface area contributed by atoms with E-state index in [4.69, 9.17) is 11.6 Å². The summed E-state index contributed by atoms with van der Waals surface area (Å²) in [6.07, 6.45) is 1.82. The van der Waals surface area contributed by atoms with Gasteiger partial charge in [0.25, 0.3) is 0 Å². The van der Waals surface area contributed by atoms with E-state index in [1.165, 1.54) is 17.7 Å².